The minimum absolute atomic E-state index is 0.0222. The van der Waals surface area contributed by atoms with E-state index in [2.05, 4.69) is 0 Å². The third-order valence-electron chi connectivity index (χ3n) is 4.08. The van der Waals surface area contributed by atoms with Crippen molar-refractivity contribution in [2.75, 3.05) is 4.90 Å². The summed E-state index contributed by atoms with van der Waals surface area (Å²) in [7, 11) is 0. The normalized spacial score (nSPS) is 16.5. The third kappa shape index (κ3) is 2.24. The van der Waals surface area contributed by atoms with Crippen LogP contribution in [0, 0.1) is 17.0 Å². The van der Waals surface area contributed by atoms with Gasteiger partial charge in [-0.05, 0) is 38.0 Å². The van der Waals surface area contributed by atoms with Gasteiger partial charge in [0, 0.05) is 28.9 Å². The van der Waals surface area contributed by atoms with Gasteiger partial charge in [0.25, 0.3) is 11.6 Å². The summed E-state index contributed by atoms with van der Waals surface area (Å²) in [6, 6.07) is 12.5. The molecular formula is C17H16N2O3. The average molecular weight is 296 g/mol. The zero-order chi connectivity index (χ0) is 15.9. The molecule has 0 fully saturated rings. The SMILES string of the molecule is Cc1ccc(C(=O)N2c3ccccc3C[C@@H]2C)cc1[N+](=O)[O-]. The molecule has 112 valence electrons. The lowest BCUT2D eigenvalue weighted by molar-refractivity contribution is -0.385. The Morgan fingerprint density at radius 2 is 2.00 bits per heavy atom. The van der Waals surface area contributed by atoms with Crippen molar-refractivity contribution >= 4 is 17.3 Å². The highest BCUT2D eigenvalue weighted by Gasteiger charge is 2.31. The van der Waals surface area contributed by atoms with Crippen LogP contribution in [0.25, 0.3) is 0 Å². The van der Waals surface area contributed by atoms with Gasteiger partial charge in [0.05, 0.1) is 4.92 Å². The first kappa shape index (κ1) is 14.3. The van der Waals surface area contributed by atoms with Crippen LogP contribution in [0.4, 0.5) is 11.4 Å². The predicted octanol–water partition coefficient (Wildman–Crippen LogP) is 3.49. The first-order valence-electron chi connectivity index (χ1n) is 7.15. The molecule has 0 radical (unpaired) electrons. The fourth-order valence-corrected chi connectivity index (χ4v) is 2.95. The molecule has 1 atom stereocenters. The standard InChI is InChI=1S/C17H16N2O3/c1-11-7-8-14(10-16(11)19(21)22)17(20)18-12(2)9-13-5-3-4-6-15(13)18/h3-8,10,12H,9H2,1-2H3/t12-/m0/s1. The van der Waals surface area contributed by atoms with E-state index in [0.717, 1.165) is 17.7 Å². The average Bonchev–Trinajstić information content (AvgIpc) is 2.82. The minimum atomic E-state index is -0.451. The number of benzene rings is 2. The van der Waals surface area contributed by atoms with Gasteiger partial charge in [0.2, 0.25) is 0 Å². The number of aryl methyl sites for hydroxylation is 1. The number of hydrogen-bond donors (Lipinski definition) is 0. The van der Waals surface area contributed by atoms with Crippen LogP contribution >= 0.6 is 0 Å². The molecule has 1 heterocycles. The van der Waals surface area contributed by atoms with Crippen LogP contribution in [0.15, 0.2) is 42.5 Å². The van der Waals surface area contributed by atoms with Crippen molar-refractivity contribution in [3.8, 4) is 0 Å². The number of carbonyl (C=O) groups is 1. The Balaban J connectivity index is 2.02. The molecule has 3 rings (SSSR count). The third-order valence-corrected chi connectivity index (χ3v) is 4.08. The van der Waals surface area contributed by atoms with Gasteiger partial charge in [-0.1, -0.05) is 24.3 Å². The number of nitrogens with zero attached hydrogens (tertiary/aromatic N) is 2. The number of amides is 1. The lowest BCUT2D eigenvalue weighted by Crippen LogP contribution is -2.35. The van der Waals surface area contributed by atoms with Crippen LogP contribution in [-0.4, -0.2) is 16.9 Å². The number of fused-ring (bicyclic) bond motifs is 1. The molecule has 0 spiro atoms. The Morgan fingerprint density at radius 1 is 1.27 bits per heavy atom. The molecule has 22 heavy (non-hydrogen) atoms. The maximum absolute atomic E-state index is 12.8. The Bertz CT molecular complexity index is 770. The zero-order valence-corrected chi connectivity index (χ0v) is 12.4. The maximum atomic E-state index is 12.8. The predicted molar refractivity (Wildman–Crippen MR) is 84.3 cm³/mol. The van der Waals surface area contributed by atoms with E-state index in [4.69, 9.17) is 0 Å². The van der Waals surface area contributed by atoms with Crippen molar-refractivity contribution in [2.24, 2.45) is 0 Å². The van der Waals surface area contributed by atoms with Crippen LogP contribution in [0.2, 0.25) is 0 Å². The van der Waals surface area contributed by atoms with Crippen LogP contribution in [0.3, 0.4) is 0 Å². The highest BCUT2D eigenvalue weighted by Crippen LogP contribution is 2.33. The Morgan fingerprint density at radius 3 is 2.73 bits per heavy atom. The molecule has 2 aromatic carbocycles. The molecule has 0 saturated carbocycles. The molecule has 5 heteroatoms. The lowest BCUT2D eigenvalue weighted by atomic mass is 10.1. The van der Waals surface area contributed by atoms with Crippen molar-refractivity contribution in [3.05, 3.63) is 69.3 Å². The molecule has 5 nitrogen and oxygen atoms in total. The first-order chi connectivity index (χ1) is 10.5. The molecule has 0 unspecified atom stereocenters. The van der Waals surface area contributed by atoms with E-state index in [1.165, 1.54) is 6.07 Å². The summed E-state index contributed by atoms with van der Waals surface area (Å²) in [6.07, 6.45) is 0.801. The molecule has 2 aromatic rings. The quantitative estimate of drug-likeness (QED) is 0.629. The van der Waals surface area contributed by atoms with E-state index in [0.29, 0.717) is 11.1 Å². The fraction of sp³-hybridized carbons (Fsp3) is 0.235. The largest absolute Gasteiger partial charge is 0.305 e. The fourth-order valence-electron chi connectivity index (χ4n) is 2.95. The van der Waals surface area contributed by atoms with Gasteiger partial charge in [0.1, 0.15) is 0 Å². The van der Waals surface area contributed by atoms with E-state index in [9.17, 15) is 14.9 Å². The maximum Gasteiger partial charge on any atom is 0.273 e. The minimum Gasteiger partial charge on any atom is -0.305 e. The molecule has 0 N–H and O–H groups in total. The monoisotopic (exact) mass is 296 g/mol. The van der Waals surface area contributed by atoms with Crippen LogP contribution < -0.4 is 4.90 Å². The van der Waals surface area contributed by atoms with Crippen molar-refractivity contribution < 1.29 is 9.72 Å². The van der Waals surface area contributed by atoms with E-state index in [1.807, 2.05) is 31.2 Å². The Kier molecular flexibility index (Phi) is 3.41. The molecule has 1 aliphatic heterocycles. The Hall–Kier alpha value is -2.69. The van der Waals surface area contributed by atoms with Crippen LogP contribution in [-0.2, 0) is 6.42 Å². The number of anilines is 1. The Labute approximate surface area is 128 Å². The number of carbonyl (C=O) groups excluding carboxylic acids is 1. The highest BCUT2D eigenvalue weighted by molar-refractivity contribution is 6.08. The van der Waals surface area contributed by atoms with Gasteiger partial charge in [-0.2, -0.15) is 0 Å². The molecular weight excluding hydrogens is 280 g/mol. The smallest absolute Gasteiger partial charge is 0.273 e. The molecule has 0 bridgehead atoms. The number of nitro benzene ring substituents is 1. The van der Waals surface area contributed by atoms with Gasteiger partial charge in [-0.15, -0.1) is 0 Å². The van der Waals surface area contributed by atoms with Crippen molar-refractivity contribution in [1.82, 2.24) is 0 Å². The van der Waals surface area contributed by atoms with Gasteiger partial charge in [-0.25, -0.2) is 0 Å². The van der Waals surface area contributed by atoms with Crippen molar-refractivity contribution in [1.29, 1.82) is 0 Å². The van der Waals surface area contributed by atoms with E-state index < -0.39 is 4.92 Å². The molecule has 1 amide bonds. The number of rotatable bonds is 2. The summed E-state index contributed by atoms with van der Waals surface area (Å²) in [6.45, 7) is 3.65. The zero-order valence-electron chi connectivity index (χ0n) is 12.4. The summed E-state index contributed by atoms with van der Waals surface area (Å²) in [4.78, 5) is 25.1. The van der Waals surface area contributed by atoms with Crippen LogP contribution in [0.5, 0.6) is 0 Å². The van der Waals surface area contributed by atoms with E-state index in [-0.39, 0.29) is 17.6 Å². The molecule has 0 aliphatic carbocycles. The molecule has 0 saturated heterocycles. The van der Waals surface area contributed by atoms with Gasteiger partial charge < -0.3 is 4.90 Å². The molecule has 1 aliphatic rings. The summed E-state index contributed by atoms with van der Waals surface area (Å²) in [5.41, 5.74) is 2.90. The topological polar surface area (TPSA) is 63.5 Å². The second kappa shape index (κ2) is 5.26. The van der Waals surface area contributed by atoms with Gasteiger partial charge in [-0.3, -0.25) is 14.9 Å². The summed E-state index contributed by atoms with van der Waals surface area (Å²) in [5.74, 6) is -0.194. The summed E-state index contributed by atoms with van der Waals surface area (Å²) in [5, 5.41) is 11.1. The highest BCUT2D eigenvalue weighted by atomic mass is 16.6. The van der Waals surface area contributed by atoms with Gasteiger partial charge >= 0.3 is 0 Å². The lowest BCUT2D eigenvalue weighted by Gasteiger charge is -2.22. The number of para-hydroxylation sites is 1. The number of hydrogen-bond acceptors (Lipinski definition) is 3. The summed E-state index contributed by atoms with van der Waals surface area (Å²) < 4.78 is 0. The van der Waals surface area contributed by atoms with E-state index >= 15 is 0 Å². The second-order valence-electron chi connectivity index (χ2n) is 5.62. The van der Waals surface area contributed by atoms with Crippen molar-refractivity contribution in [2.45, 2.75) is 26.3 Å². The second-order valence-corrected chi connectivity index (χ2v) is 5.62. The molecule has 0 aromatic heterocycles. The van der Waals surface area contributed by atoms with Gasteiger partial charge in [0.15, 0.2) is 0 Å². The van der Waals surface area contributed by atoms with Crippen molar-refractivity contribution in [3.63, 3.8) is 0 Å². The summed E-state index contributed by atoms with van der Waals surface area (Å²) >= 11 is 0. The number of nitro groups is 1. The van der Waals surface area contributed by atoms with E-state index in [1.54, 1.807) is 24.0 Å². The van der Waals surface area contributed by atoms with Crippen LogP contribution in [0.1, 0.15) is 28.4 Å². The first-order valence-corrected chi connectivity index (χ1v) is 7.15.